The van der Waals surface area contributed by atoms with Gasteiger partial charge in [0.15, 0.2) is 0 Å². The fourth-order valence-corrected chi connectivity index (χ4v) is 2.32. The lowest BCUT2D eigenvalue weighted by molar-refractivity contribution is -0.139. The number of hydrogen-bond donors (Lipinski definition) is 0. The Hall–Kier alpha value is -2.10. The third-order valence-electron chi connectivity index (χ3n) is 3.62. The van der Waals surface area contributed by atoms with Gasteiger partial charge in [-0.1, -0.05) is 6.07 Å². The monoisotopic (exact) mass is 273 g/mol. The smallest absolute Gasteiger partial charge is 0.336 e. The molecule has 0 spiro atoms. The molecule has 0 saturated heterocycles. The van der Waals surface area contributed by atoms with Gasteiger partial charge in [0.05, 0.1) is 18.6 Å². The molecule has 0 saturated carbocycles. The first kappa shape index (κ1) is 14.3. The molecule has 2 rings (SSSR count). The van der Waals surface area contributed by atoms with Crippen molar-refractivity contribution in [3.63, 3.8) is 0 Å². The van der Waals surface area contributed by atoms with E-state index >= 15 is 0 Å². The third kappa shape index (κ3) is 2.46. The van der Waals surface area contributed by atoms with Crippen molar-refractivity contribution < 1.29 is 14.3 Å². The highest BCUT2D eigenvalue weighted by atomic mass is 16.5. The molecule has 0 aromatic heterocycles. The van der Waals surface area contributed by atoms with Gasteiger partial charge >= 0.3 is 5.97 Å². The summed E-state index contributed by atoms with van der Waals surface area (Å²) in [6, 6.07) is 5.84. The van der Waals surface area contributed by atoms with Crippen LogP contribution in [-0.2, 0) is 14.3 Å². The van der Waals surface area contributed by atoms with E-state index in [2.05, 4.69) is 0 Å². The van der Waals surface area contributed by atoms with E-state index < -0.39 is 5.97 Å². The molecule has 1 aromatic carbocycles. The quantitative estimate of drug-likeness (QED) is 0.796. The number of allylic oxidation sites excluding steroid dienone is 1. The molecule has 0 radical (unpaired) electrons. The standard InChI is InChI=1S/C16H19NO3/c1-5-20-16(19)14-9-15(18)17(12(14)4)13-7-6-10(2)11(3)8-13/h6-8H,5,9H2,1-4H3. The summed E-state index contributed by atoms with van der Waals surface area (Å²) >= 11 is 0. The predicted octanol–water partition coefficient (Wildman–Crippen LogP) is 2.88. The summed E-state index contributed by atoms with van der Waals surface area (Å²) in [6.45, 7) is 7.88. The van der Waals surface area contributed by atoms with Gasteiger partial charge in [-0.3, -0.25) is 9.69 Å². The Bertz CT molecular complexity index is 602. The van der Waals surface area contributed by atoms with Gasteiger partial charge in [0, 0.05) is 11.4 Å². The highest BCUT2D eigenvalue weighted by Gasteiger charge is 2.32. The molecule has 1 heterocycles. The maximum atomic E-state index is 12.2. The second-order valence-electron chi connectivity index (χ2n) is 4.96. The van der Waals surface area contributed by atoms with E-state index in [9.17, 15) is 9.59 Å². The molecule has 0 atom stereocenters. The van der Waals surface area contributed by atoms with Crippen molar-refractivity contribution in [1.29, 1.82) is 0 Å². The number of hydrogen-bond acceptors (Lipinski definition) is 3. The number of aryl methyl sites for hydroxylation is 2. The fourth-order valence-electron chi connectivity index (χ4n) is 2.32. The van der Waals surface area contributed by atoms with Crippen LogP contribution in [0.2, 0.25) is 0 Å². The molecule has 1 aliphatic rings. The number of esters is 1. The molecule has 0 aliphatic carbocycles. The Morgan fingerprint density at radius 1 is 1.25 bits per heavy atom. The number of nitrogens with zero attached hydrogens (tertiary/aromatic N) is 1. The number of amides is 1. The van der Waals surface area contributed by atoms with Crippen LogP contribution in [0.3, 0.4) is 0 Å². The molecule has 1 aromatic rings. The van der Waals surface area contributed by atoms with Crippen molar-refractivity contribution in [2.24, 2.45) is 0 Å². The van der Waals surface area contributed by atoms with Crippen molar-refractivity contribution in [3.05, 3.63) is 40.6 Å². The van der Waals surface area contributed by atoms with Crippen molar-refractivity contribution in [2.75, 3.05) is 11.5 Å². The zero-order valence-corrected chi connectivity index (χ0v) is 12.3. The van der Waals surface area contributed by atoms with Gasteiger partial charge in [-0.05, 0) is 51.0 Å². The number of carbonyl (C=O) groups excluding carboxylic acids is 2. The van der Waals surface area contributed by atoms with Crippen LogP contribution < -0.4 is 4.90 Å². The summed E-state index contributed by atoms with van der Waals surface area (Å²) in [4.78, 5) is 25.6. The van der Waals surface area contributed by atoms with Crippen LogP contribution in [0.25, 0.3) is 0 Å². The topological polar surface area (TPSA) is 46.6 Å². The minimum Gasteiger partial charge on any atom is -0.463 e. The van der Waals surface area contributed by atoms with E-state index in [1.165, 1.54) is 5.56 Å². The maximum Gasteiger partial charge on any atom is 0.336 e. The van der Waals surface area contributed by atoms with Crippen molar-refractivity contribution >= 4 is 17.6 Å². The summed E-state index contributed by atoms with van der Waals surface area (Å²) < 4.78 is 5.00. The van der Waals surface area contributed by atoms with E-state index in [0.29, 0.717) is 17.9 Å². The zero-order chi connectivity index (χ0) is 14.9. The summed E-state index contributed by atoms with van der Waals surface area (Å²) in [5.74, 6) is -0.488. The molecule has 1 amide bonds. The van der Waals surface area contributed by atoms with Crippen LogP contribution in [0.1, 0.15) is 31.4 Å². The summed E-state index contributed by atoms with van der Waals surface area (Å²) in [5.41, 5.74) is 4.21. The Morgan fingerprint density at radius 3 is 2.55 bits per heavy atom. The van der Waals surface area contributed by atoms with Gasteiger partial charge in [0.2, 0.25) is 5.91 Å². The first-order valence-electron chi connectivity index (χ1n) is 6.72. The maximum absolute atomic E-state index is 12.2. The van der Waals surface area contributed by atoms with E-state index in [-0.39, 0.29) is 12.3 Å². The minimum atomic E-state index is -0.398. The van der Waals surface area contributed by atoms with Crippen LogP contribution in [0.4, 0.5) is 5.69 Å². The van der Waals surface area contributed by atoms with E-state index in [4.69, 9.17) is 4.74 Å². The van der Waals surface area contributed by atoms with Gasteiger partial charge in [-0.2, -0.15) is 0 Å². The van der Waals surface area contributed by atoms with Crippen LogP contribution in [0, 0.1) is 13.8 Å². The number of rotatable bonds is 3. The lowest BCUT2D eigenvalue weighted by Crippen LogP contribution is -2.23. The number of carbonyl (C=O) groups is 2. The molecular weight excluding hydrogens is 254 g/mol. The third-order valence-corrected chi connectivity index (χ3v) is 3.62. The van der Waals surface area contributed by atoms with Crippen LogP contribution >= 0.6 is 0 Å². The van der Waals surface area contributed by atoms with Gasteiger partial charge in [-0.15, -0.1) is 0 Å². The predicted molar refractivity (Wildman–Crippen MR) is 77.4 cm³/mol. The largest absolute Gasteiger partial charge is 0.463 e. The molecule has 0 fully saturated rings. The van der Waals surface area contributed by atoms with Crippen molar-refractivity contribution in [1.82, 2.24) is 0 Å². The number of benzene rings is 1. The van der Waals surface area contributed by atoms with E-state index in [1.54, 1.807) is 18.7 Å². The average Bonchev–Trinajstić information content (AvgIpc) is 2.69. The van der Waals surface area contributed by atoms with Crippen molar-refractivity contribution in [2.45, 2.75) is 34.1 Å². The van der Waals surface area contributed by atoms with Gasteiger partial charge < -0.3 is 4.74 Å². The Labute approximate surface area is 119 Å². The molecular formula is C16H19NO3. The first-order chi connectivity index (χ1) is 9.45. The lowest BCUT2D eigenvalue weighted by atomic mass is 10.1. The number of ether oxygens (including phenoxy) is 1. The molecule has 0 unspecified atom stereocenters. The van der Waals surface area contributed by atoms with Gasteiger partial charge in [-0.25, -0.2) is 4.79 Å². The Morgan fingerprint density at radius 2 is 1.95 bits per heavy atom. The second kappa shape index (κ2) is 5.49. The molecule has 0 N–H and O–H groups in total. The van der Waals surface area contributed by atoms with Crippen molar-refractivity contribution in [3.8, 4) is 0 Å². The molecule has 4 heteroatoms. The van der Waals surface area contributed by atoms with E-state index in [0.717, 1.165) is 11.3 Å². The minimum absolute atomic E-state index is 0.0891. The molecule has 106 valence electrons. The summed E-state index contributed by atoms with van der Waals surface area (Å²) in [6.07, 6.45) is 0.109. The average molecular weight is 273 g/mol. The lowest BCUT2D eigenvalue weighted by Gasteiger charge is -2.19. The second-order valence-corrected chi connectivity index (χ2v) is 4.96. The molecule has 20 heavy (non-hydrogen) atoms. The highest BCUT2D eigenvalue weighted by Crippen LogP contribution is 2.31. The summed E-state index contributed by atoms with van der Waals surface area (Å²) in [7, 11) is 0. The number of anilines is 1. The van der Waals surface area contributed by atoms with E-state index in [1.807, 2.05) is 32.0 Å². The first-order valence-corrected chi connectivity index (χ1v) is 6.72. The van der Waals surface area contributed by atoms with Crippen LogP contribution in [0.5, 0.6) is 0 Å². The van der Waals surface area contributed by atoms with Gasteiger partial charge in [0.1, 0.15) is 0 Å². The SMILES string of the molecule is CCOC(=O)C1=C(C)N(c2ccc(C)c(C)c2)C(=O)C1. The van der Waals surface area contributed by atoms with Gasteiger partial charge in [0.25, 0.3) is 0 Å². The Kier molecular flexibility index (Phi) is 3.93. The molecule has 4 nitrogen and oxygen atoms in total. The highest BCUT2D eigenvalue weighted by molar-refractivity contribution is 6.09. The zero-order valence-electron chi connectivity index (χ0n) is 12.3. The van der Waals surface area contributed by atoms with Crippen LogP contribution in [-0.4, -0.2) is 18.5 Å². The fraction of sp³-hybridized carbons (Fsp3) is 0.375. The molecule has 1 aliphatic heterocycles. The Balaban J connectivity index is 2.38. The normalized spacial score (nSPS) is 15.0. The molecule has 0 bridgehead atoms. The summed E-state index contributed by atoms with van der Waals surface area (Å²) in [5, 5.41) is 0. The van der Waals surface area contributed by atoms with Crippen LogP contribution in [0.15, 0.2) is 29.5 Å².